The number of nitrogens with zero attached hydrogens (tertiary/aromatic N) is 2. The standard InChI is InChI=1S/C21H24N2O3/c1-17-6-2-3-7-18(17)14-22-10-12-23(13-11-22)21(25)16-26-20-9-5-4-8-19(20)15-24/h2-9,15H,10-14,16H2,1H3. The Kier molecular flexibility index (Phi) is 6.02. The molecule has 0 aliphatic carbocycles. The number of ether oxygens (including phenoxy) is 1. The molecule has 2 aromatic rings. The van der Waals surface area contributed by atoms with E-state index in [4.69, 9.17) is 4.74 Å². The first-order chi connectivity index (χ1) is 12.7. The molecule has 0 radical (unpaired) electrons. The van der Waals surface area contributed by atoms with Crippen LogP contribution < -0.4 is 4.74 Å². The highest BCUT2D eigenvalue weighted by molar-refractivity contribution is 5.80. The molecule has 1 amide bonds. The Morgan fingerprint density at radius 3 is 2.46 bits per heavy atom. The second-order valence-electron chi connectivity index (χ2n) is 6.53. The van der Waals surface area contributed by atoms with E-state index < -0.39 is 0 Å². The van der Waals surface area contributed by atoms with Crippen molar-refractivity contribution in [3.63, 3.8) is 0 Å². The van der Waals surface area contributed by atoms with Gasteiger partial charge in [-0.1, -0.05) is 36.4 Å². The highest BCUT2D eigenvalue weighted by Gasteiger charge is 2.22. The second-order valence-corrected chi connectivity index (χ2v) is 6.53. The predicted molar refractivity (Wildman–Crippen MR) is 100 cm³/mol. The Balaban J connectivity index is 1.48. The number of aryl methyl sites for hydroxylation is 1. The number of aldehydes is 1. The molecule has 26 heavy (non-hydrogen) atoms. The average Bonchev–Trinajstić information content (AvgIpc) is 2.68. The molecule has 0 atom stereocenters. The summed E-state index contributed by atoms with van der Waals surface area (Å²) >= 11 is 0. The van der Waals surface area contributed by atoms with Gasteiger partial charge >= 0.3 is 0 Å². The summed E-state index contributed by atoms with van der Waals surface area (Å²) in [6, 6.07) is 15.3. The lowest BCUT2D eigenvalue weighted by atomic mass is 10.1. The third kappa shape index (κ3) is 4.49. The minimum Gasteiger partial charge on any atom is -0.483 e. The molecular formula is C21H24N2O3. The van der Waals surface area contributed by atoms with E-state index >= 15 is 0 Å². The van der Waals surface area contributed by atoms with Crippen LogP contribution in [-0.4, -0.2) is 54.8 Å². The van der Waals surface area contributed by atoms with Crippen LogP contribution in [0, 0.1) is 6.92 Å². The lowest BCUT2D eigenvalue weighted by molar-refractivity contribution is -0.135. The van der Waals surface area contributed by atoms with Gasteiger partial charge in [-0.05, 0) is 30.2 Å². The molecule has 2 aromatic carbocycles. The highest BCUT2D eigenvalue weighted by atomic mass is 16.5. The third-order valence-corrected chi connectivity index (χ3v) is 4.78. The van der Waals surface area contributed by atoms with Crippen molar-refractivity contribution in [1.29, 1.82) is 0 Å². The second kappa shape index (κ2) is 8.63. The van der Waals surface area contributed by atoms with Gasteiger partial charge in [0.25, 0.3) is 5.91 Å². The number of piperazine rings is 1. The molecule has 1 aliphatic rings. The van der Waals surface area contributed by atoms with E-state index in [-0.39, 0.29) is 12.5 Å². The minimum atomic E-state index is -0.0405. The van der Waals surface area contributed by atoms with Crippen LogP contribution in [-0.2, 0) is 11.3 Å². The number of hydrogen-bond acceptors (Lipinski definition) is 4. The summed E-state index contributed by atoms with van der Waals surface area (Å²) in [7, 11) is 0. The van der Waals surface area contributed by atoms with Crippen molar-refractivity contribution in [3.05, 3.63) is 65.2 Å². The number of hydrogen-bond donors (Lipinski definition) is 0. The molecule has 1 heterocycles. The Bertz CT molecular complexity index is 767. The number of carbonyl (C=O) groups is 2. The van der Waals surface area contributed by atoms with Crippen molar-refractivity contribution in [1.82, 2.24) is 9.80 Å². The molecule has 0 saturated carbocycles. The van der Waals surface area contributed by atoms with Crippen LogP contribution in [0.1, 0.15) is 21.5 Å². The summed E-state index contributed by atoms with van der Waals surface area (Å²) in [5, 5.41) is 0. The molecule has 1 aliphatic heterocycles. The van der Waals surface area contributed by atoms with Gasteiger partial charge < -0.3 is 9.64 Å². The maximum Gasteiger partial charge on any atom is 0.260 e. The normalized spacial score (nSPS) is 14.9. The highest BCUT2D eigenvalue weighted by Crippen LogP contribution is 2.16. The summed E-state index contributed by atoms with van der Waals surface area (Å²) in [5.41, 5.74) is 3.10. The van der Waals surface area contributed by atoms with Crippen molar-refractivity contribution in [2.45, 2.75) is 13.5 Å². The molecule has 1 fully saturated rings. The molecule has 0 aromatic heterocycles. The van der Waals surface area contributed by atoms with Gasteiger partial charge in [0.1, 0.15) is 5.75 Å². The molecule has 1 saturated heterocycles. The quantitative estimate of drug-likeness (QED) is 0.750. The van der Waals surface area contributed by atoms with Gasteiger partial charge in [0.05, 0.1) is 5.56 Å². The summed E-state index contributed by atoms with van der Waals surface area (Å²) in [4.78, 5) is 27.6. The monoisotopic (exact) mass is 352 g/mol. The zero-order chi connectivity index (χ0) is 18.4. The molecule has 0 unspecified atom stereocenters. The minimum absolute atomic E-state index is 0.0390. The van der Waals surface area contributed by atoms with Gasteiger partial charge in [0, 0.05) is 32.7 Å². The lowest BCUT2D eigenvalue weighted by Crippen LogP contribution is -2.49. The van der Waals surface area contributed by atoms with Crippen molar-refractivity contribution in [3.8, 4) is 5.75 Å². The van der Waals surface area contributed by atoms with Gasteiger partial charge in [-0.15, -0.1) is 0 Å². The molecule has 0 bridgehead atoms. The van der Waals surface area contributed by atoms with Crippen LogP contribution >= 0.6 is 0 Å². The van der Waals surface area contributed by atoms with Crippen LogP contribution in [0.3, 0.4) is 0 Å². The first-order valence-corrected chi connectivity index (χ1v) is 8.89. The van der Waals surface area contributed by atoms with Gasteiger partial charge in [-0.3, -0.25) is 14.5 Å². The topological polar surface area (TPSA) is 49.9 Å². The third-order valence-electron chi connectivity index (χ3n) is 4.78. The van der Waals surface area contributed by atoms with E-state index in [1.54, 1.807) is 24.3 Å². The van der Waals surface area contributed by atoms with Crippen molar-refractivity contribution in [2.24, 2.45) is 0 Å². The fourth-order valence-corrected chi connectivity index (χ4v) is 3.12. The van der Waals surface area contributed by atoms with Crippen molar-refractivity contribution < 1.29 is 14.3 Å². The first kappa shape index (κ1) is 18.1. The van der Waals surface area contributed by atoms with Crippen molar-refractivity contribution in [2.75, 3.05) is 32.8 Å². The Morgan fingerprint density at radius 2 is 1.73 bits per heavy atom. The van der Waals surface area contributed by atoms with Gasteiger partial charge in [-0.25, -0.2) is 0 Å². The SMILES string of the molecule is Cc1ccccc1CN1CCN(C(=O)COc2ccccc2C=O)CC1. The van der Waals surface area contributed by atoms with E-state index in [2.05, 4.69) is 36.1 Å². The fourth-order valence-electron chi connectivity index (χ4n) is 3.12. The zero-order valence-electron chi connectivity index (χ0n) is 15.1. The number of para-hydroxylation sites is 1. The summed E-state index contributed by atoms with van der Waals surface area (Å²) < 4.78 is 5.55. The number of amides is 1. The molecule has 5 heteroatoms. The fraction of sp³-hybridized carbons (Fsp3) is 0.333. The zero-order valence-corrected chi connectivity index (χ0v) is 15.1. The van der Waals surface area contributed by atoms with Gasteiger partial charge in [0.2, 0.25) is 0 Å². The molecule has 136 valence electrons. The van der Waals surface area contributed by atoms with Crippen LogP contribution in [0.25, 0.3) is 0 Å². The Morgan fingerprint density at radius 1 is 1.04 bits per heavy atom. The van der Waals surface area contributed by atoms with Crippen LogP contribution in [0.15, 0.2) is 48.5 Å². The number of rotatable bonds is 6. The molecule has 5 nitrogen and oxygen atoms in total. The van der Waals surface area contributed by atoms with Crippen LogP contribution in [0.2, 0.25) is 0 Å². The van der Waals surface area contributed by atoms with E-state index in [9.17, 15) is 9.59 Å². The smallest absolute Gasteiger partial charge is 0.260 e. The molecular weight excluding hydrogens is 328 g/mol. The molecule has 3 rings (SSSR count). The van der Waals surface area contributed by atoms with E-state index in [1.165, 1.54) is 11.1 Å². The predicted octanol–water partition coefficient (Wildman–Crippen LogP) is 2.53. The Labute approximate surface area is 154 Å². The van der Waals surface area contributed by atoms with Crippen molar-refractivity contribution >= 4 is 12.2 Å². The summed E-state index contributed by atoms with van der Waals surface area (Å²) in [5.74, 6) is 0.412. The number of carbonyl (C=O) groups excluding carboxylic acids is 2. The average molecular weight is 352 g/mol. The van der Waals surface area contributed by atoms with E-state index in [0.717, 1.165) is 25.9 Å². The summed E-state index contributed by atoms with van der Waals surface area (Å²) in [6.45, 7) is 6.10. The Hall–Kier alpha value is -2.66. The molecule has 0 N–H and O–H groups in total. The maximum absolute atomic E-state index is 12.4. The van der Waals surface area contributed by atoms with Crippen LogP contribution in [0.5, 0.6) is 5.75 Å². The van der Waals surface area contributed by atoms with E-state index in [1.807, 2.05) is 4.90 Å². The lowest BCUT2D eigenvalue weighted by Gasteiger charge is -2.35. The van der Waals surface area contributed by atoms with E-state index in [0.29, 0.717) is 24.4 Å². The largest absolute Gasteiger partial charge is 0.483 e. The van der Waals surface area contributed by atoms with Gasteiger partial charge in [-0.2, -0.15) is 0 Å². The molecule has 0 spiro atoms. The first-order valence-electron chi connectivity index (χ1n) is 8.89. The summed E-state index contributed by atoms with van der Waals surface area (Å²) in [6.07, 6.45) is 0.740. The maximum atomic E-state index is 12.4. The number of benzene rings is 2. The van der Waals surface area contributed by atoms with Gasteiger partial charge in [0.15, 0.2) is 12.9 Å². The van der Waals surface area contributed by atoms with Crippen LogP contribution in [0.4, 0.5) is 0 Å².